The number of likely N-dealkylation sites (tertiary alicyclic amines) is 1. The van der Waals surface area contributed by atoms with Crippen molar-refractivity contribution in [2.75, 3.05) is 13.2 Å². The normalized spacial score (nSPS) is 29.0. The number of fused-ring (bicyclic) bond motifs is 2. The third-order valence-corrected chi connectivity index (χ3v) is 4.58. The summed E-state index contributed by atoms with van der Waals surface area (Å²) in [5.74, 6) is -1.77. The number of carbonyl (C=O) groups is 1. The molecule has 3 rings (SSSR count). The number of rotatable bonds is 1. The third kappa shape index (κ3) is 2.20. The van der Waals surface area contributed by atoms with Crippen LogP contribution in [0.2, 0.25) is 0 Å². The molecule has 0 N–H and O–H groups in total. The van der Waals surface area contributed by atoms with E-state index < -0.39 is 23.7 Å². The fourth-order valence-corrected chi connectivity index (χ4v) is 3.27. The van der Waals surface area contributed by atoms with E-state index in [9.17, 15) is 18.0 Å². The average molecular weight is 397 g/mol. The quantitative estimate of drug-likeness (QED) is 0.683. The van der Waals surface area contributed by atoms with Crippen LogP contribution < -0.4 is 0 Å². The van der Waals surface area contributed by atoms with Gasteiger partial charge in [0.05, 0.1) is 19.2 Å². The van der Waals surface area contributed by atoms with E-state index in [2.05, 4.69) is 22.6 Å². The molecule has 0 unspecified atom stereocenters. The van der Waals surface area contributed by atoms with E-state index in [1.165, 1.54) is 0 Å². The van der Waals surface area contributed by atoms with E-state index in [0.29, 0.717) is 6.42 Å². The van der Waals surface area contributed by atoms with E-state index in [-0.39, 0.29) is 13.2 Å². The van der Waals surface area contributed by atoms with Crippen molar-refractivity contribution in [1.29, 1.82) is 0 Å². The first kappa shape index (κ1) is 14.1. The van der Waals surface area contributed by atoms with Gasteiger partial charge in [0.25, 0.3) is 0 Å². The van der Waals surface area contributed by atoms with Crippen molar-refractivity contribution in [2.24, 2.45) is 0 Å². The highest BCUT2D eigenvalue weighted by atomic mass is 127. The lowest BCUT2D eigenvalue weighted by Gasteiger charge is -2.33. The smallest absolute Gasteiger partial charge is 0.366 e. The molecule has 0 radical (unpaired) electrons. The minimum atomic E-state index is -4.82. The highest BCUT2D eigenvalue weighted by Gasteiger charge is 2.57. The van der Waals surface area contributed by atoms with Gasteiger partial charge in [0.1, 0.15) is 5.60 Å². The number of hydrogen-bond acceptors (Lipinski definition) is 2. The monoisotopic (exact) mass is 397 g/mol. The van der Waals surface area contributed by atoms with Crippen molar-refractivity contribution in [3.05, 3.63) is 33.4 Å². The first-order valence-electron chi connectivity index (χ1n) is 6.10. The molecule has 0 spiro atoms. The van der Waals surface area contributed by atoms with Crippen molar-refractivity contribution >= 4 is 28.5 Å². The molecule has 2 bridgehead atoms. The first-order valence-corrected chi connectivity index (χ1v) is 7.17. The number of carbonyl (C=O) groups excluding carboxylic acids is 1. The fourth-order valence-electron chi connectivity index (χ4n) is 2.92. The number of alkyl halides is 3. The Bertz CT molecular complexity index is 546. The maximum Gasteiger partial charge on any atom is 0.471 e. The Labute approximate surface area is 127 Å². The molecular formula is C13H11F3INO2. The van der Waals surface area contributed by atoms with E-state index in [0.717, 1.165) is 14.0 Å². The molecule has 1 aromatic rings. The second kappa shape index (κ2) is 4.59. The Morgan fingerprint density at radius 3 is 2.60 bits per heavy atom. The van der Waals surface area contributed by atoms with Gasteiger partial charge in [-0.1, -0.05) is 12.1 Å². The van der Waals surface area contributed by atoms with Gasteiger partial charge in [0.2, 0.25) is 0 Å². The molecule has 1 aromatic carbocycles. The molecule has 1 amide bonds. The maximum absolute atomic E-state index is 12.6. The summed E-state index contributed by atoms with van der Waals surface area (Å²) in [5, 5.41) is 0. The van der Waals surface area contributed by atoms with Crippen LogP contribution in [-0.2, 0) is 15.1 Å². The zero-order valence-corrected chi connectivity index (χ0v) is 12.4. The molecule has 108 valence electrons. The Hall–Kier alpha value is -0.830. The van der Waals surface area contributed by atoms with E-state index in [1.54, 1.807) is 0 Å². The number of benzene rings is 1. The number of nitrogens with zero attached hydrogens (tertiary/aromatic N) is 1. The lowest BCUT2D eigenvalue weighted by molar-refractivity contribution is -0.191. The average Bonchev–Trinajstić information content (AvgIpc) is 2.96. The summed E-state index contributed by atoms with van der Waals surface area (Å²) in [7, 11) is 0. The maximum atomic E-state index is 12.6. The van der Waals surface area contributed by atoms with Crippen molar-refractivity contribution < 1.29 is 22.7 Å². The summed E-state index contributed by atoms with van der Waals surface area (Å²) in [6, 6.07) is 6.99. The topological polar surface area (TPSA) is 29.5 Å². The van der Waals surface area contributed by atoms with Gasteiger partial charge in [-0.3, -0.25) is 4.79 Å². The molecule has 2 heterocycles. The van der Waals surface area contributed by atoms with Gasteiger partial charge in [-0.15, -0.1) is 0 Å². The van der Waals surface area contributed by atoms with E-state index >= 15 is 0 Å². The minimum absolute atomic E-state index is 0.0311. The van der Waals surface area contributed by atoms with Crippen LogP contribution in [0.1, 0.15) is 12.0 Å². The largest absolute Gasteiger partial charge is 0.471 e. The Balaban J connectivity index is 1.88. The van der Waals surface area contributed by atoms with Crippen LogP contribution in [0.3, 0.4) is 0 Å². The summed E-state index contributed by atoms with van der Waals surface area (Å²) >= 11 is 2.16. The molecule has 2 atom stereocenters. The summed E-state index contributed by atoms with van der Waals surface area (Å²) in [6.45, 7) is 0.129. The van der Waals surface area contributed by atoms with Crippen LogP contribution in [0, 0.1) is 3.57 Å². The lowest BCUT2D eigenvalue weighted by Crippen LogP contribution is -2.49. The van der Waals surface area contributed by atoms with Crippen LogP contribution in [0.5, 0.6) is 0 Å². The van der Waals surface area contributed by atoms with Crippen molar-refractivity contribution in [2.45, 2.75) is 24.2 Å². The van der Waals surface area contributed by atoms with Crippen molar-refractivity contribution in [1.82, 2.24) is 4.90 Å². The van der Waals surface area contributed by atoms with Crippen LogP contribution in [0.25, 0.3) is 0 Å². The van der Waals surface area contributed by atoms with E-state index in [1.807, 2.05) is 24.3 Å². The van der Waals surface area contributed by atoms with Crippen LogP contribution >= 0.6 is 22.6 Å². The summed E-state index contributed by atoms with van der Waals surface area (Å²) in [4.78, 5) is 12.3. The number of hydrogen-bond donors (Lipinski definition) is 0. The first-order chi connectivity index (χ1) is 9.32. The number of ether oxygens (including phenoxy) is 1. The molecule has 2 fully saturated rings. The highest BCUT2D eigenvalue weighted by Crippen LogP contribution is 2.46. The molecule has 0 aliphatic carbocycles. The molecule has 2 aliphatic rings. The van der Waals surface area contributed by atoms with Gasteiger partial charge < -0.3 is 9.64 Å². The van der Waals surface area contributed by atoms with Gasteiger partial charge in [-0.05, 0) is 40.3 Å². The summed E-state index contributed by atoms with van der Waals surface area (Å²) in [6.07, 6.45) is -4.40. The van der Waals surface area contributed by atoms with Crippen LogP contribution in [-0.4, -0.2) is 36.2 Å². The summed E-state index contributed by atoms with van der Waals surface area (Å²) in [5.41, 5.74) is 0.0496. The molecule has 7 heteroatoms. The molecule has 20 heavy (non-hydrogen) atoms. The van der Waals surface area contributed by atoms with Crippen LogP contribution in [0.15, 0.2) is 24.3 Å². The lowest BCUT2D eigenvalue weighted by atomic mass is 9.93. The second-order valence-electron chi connectivity index (χ2n) is 5.10. The SMILES string of the molecule is O=C(N1C[C@@]2(c3ccc(I)cc3)C[C@@H]1CO2)C(F)(F)F. The van der Waals surface area contributed by atoms with E-state index in [4.69, 9.17) is 4.74 Å². The molecular weight excluding hydrogens is 386 g/mol. The molecule has 3 nitrogen and oxygen atoms in total. The van der Waals surface area contributed by atoms with Gasteiger partial charge >= 0.3 is 12.1 Å². The van der Waals surface area contributed by atoms with Gasteiger partial charge in [0, 0.05) is 9.99 Å². The Morgan fingerprint density at radius 1 is 1.35 bits per heavy atom. The molecule has 0 aromatic heterocycles. The zero-order chi connectivity index (χ0) is 14.5. The standard InChI is InChI=1S/C13H11F3INO2/c14-13(15,16)11(19)18-7-12(5-10(18)6-20-12)8-1-3-9(17)4-2-8/h1-4,10H,5-7H2/t10-,12-/m1/s1. The fraction of sp³-hybridized carbons (Fsp3) is 0.462. The highest BCUT2D eigenvalue weighted by molar-refractivity contribution is 14.1. The summed E-state index contributed by atoms with van der Waals surface area (Å²) < 4.78 is 44.5. The number of halogens is 4. The minimum Gasteiger partial charge on any atom is -0.366 e. The second-order valence-corrected chi connectivity index (χ2v) is 6.35. The zero-order valence-electron chi connectivity index (χ0n) is 10.3. The third-order valence-electron chi connectivity index (χ3n) is 3.86. The van der Waals surface area contributed by atoms with Gasteiger partial charge in [0.15, 0.2) is 0 Å². The predicted octanol–water partition coefficient (Wildman–Crippen LogP) is 2.68. The van der Waals surface area contributed by atoms with Gasteiger partial charge in [-0.2, -0.15) is 13.2 Å². The molecule has 0 saturated carbocycles. The van der Waals surface area contributed by atoms with Crippen molar-refractivity contribution in [3.63, 3.8) is 0 Å². The number of morpholine rings is 1. The van der Waals surface area contributed by atoms with Crippen molar-refractivity contribution in [3.8, 4) is 0 Å². The molecule has 2 saturated heterocycles. The number of amides is 1. The Kier molecular flexibility index (Phi) is 3.24. The molecule has 2 aliphatic heterocycles. The predicted molar refractivity (Wildman–Crippen MR) is 73.0 cm³/mol. The van der Waals surface area contributed by atoms with Crippen LogP contribution in [0.4, 0.5) is 13.2 Å². The van der Waals surface area contributed by atoms with Gasteiger partial charge in [-0.25, -0.2) is 0 Å². The Morgan fingerprint density at radius 2 is 2.00 bits per heavy atom.